The summed E-state index contributed by atoms with van der Waals surface area (Å²) < 4.78 is 5.49. The van der Waals surface area contributed by atoms with Gasteiger partial charge in [0.05, 0.1) is 0 Å². The molecule has 0 aromatic rings. The Balaban J connectivity index is 1.78. The van der Waals surface area contributed by atoms with Gasteiger partial charge in [-0.2, -0.15) is 0 Å². The van der Waals surface area contributed by atoms with Crippen LogP contribution in [0.1, 0.15) is 71.6 Å². The van der Waals surface area contributed by atoms with E-state index in [1.165, 1.54) is 44.9 Å². The van der Waals surface area contributed by atoms with Crippen LogP contribution in [0.25, 0.3) is 0 Å². The van der Waals surface area contributed by atoms with Crippen LogP contribution < -0.4 is 0 Å². The first kappa shape index (κ1) is 15.7. The lowest BCUT2D eigenvalue weighted by molar-refractivity contribution is -0.222. The standard InChI is InChI=1S/C20H30O3/c1-19-11-4-6-15(19)14-9-8-13-5-3-7-17(23-18(21)22)20(13,2)16(14)10-12-19/h7,13,15,18,21-22H,3-6,8-12H2,1-2H3/t13-,15-,19-,20-/m0/s1. The smallest absolute Gasteiger partial charge is 0.310 e. The summed E-state index contributed by atoms with van der Waals surface area (Å²) in [4.78, 5) is 0. The average Bonchev–Trinajstić information content (AvgIpc) is 2.89. The Bertz CT molecular complexity index is 561. The van der Waals surface area contributed by atoms with Crippen LogP contribution in [0, 0.1) is 22.7 Å². The third-order valence-electron chi connectivity index (χ3n) is 7.63. The Morgan fingerprint density at radius 1 is 1.13 bits per heavy atom. The molecule has 0 amide bonds. The largest absolute Gasteiger partial charge is 0.445 e. The first-order valence-electron chi connectivity index (χ1n) is 9.41. The van der Waals surface area contributed by atoms with Gasteiger partial charge in [0, 0.05) is 5.41 Å². The molecule has 128 valence electrons. The van der Waals surface area contributed by atoms with Gasteiger partial charge in [-0.05, 0) is 81.6 Å². The van der Waals surface area contributed by atoms with Gasteiger partial charge in [-0.3, -0.25) is 0 Å². The number of hydrogen-bond donors (Lipinski definition) is 2. The van der Waals surface area contributed by atoms with E-state index in [2.05, 4.69) is 19.9 Å². The fraction of sp³-hybridized carbons (Fsp3) is 0.800. The maximum atomic E-state index is 9.37. The molecule has 0 aliphatic heterocycles. The lowest BCUT2D eigenvalue weighted by atomic mass is 9.53. The van der Waals surface area contributed by atoms with Crippen LogP contribution in [-0.2, 0) is 4.74 Å². The number of fused-ring (bicyclic) bond motifs is 4. The van der Waals surface area contributed by atoms with Gasteiger partial charge in [-0.25, -0.2) is 0 Å². The van der Waals surface area contributed by atoms with Crippen LogP contribution in [0.2, 0.25) is 0 Å². The molecule has 23 heavy (non-hydrogen) atoms. The molecule has 1 saturated carbocycles. The molecule has 1 fully saturated rings. The molecule has 0 heterocycles. The van der Waals surface area contributed by atoms with Crippen molar-refractivity contribution in [3.05, 3.63) is 23.0 Å². The molecule has 0 spiro atoms. The lowest BCUT2D eigenvalue weighted by Gasteiger charge is -2.53. The molecule has 4 aliphatic carbocycles. The van der Waals surface area contributed by atoms with Crippen molar-refractivity contribution < 1.29 is 14.9 Å². The van der Waals surface area contributed by atoms with Crippen LogP contribution in [0.5, 0.6) is 0 Å². The Morgan fingerprint density at radius 2 is 1.96 bits per heavy atom. The topological polar surface area (TPSA) is 49.7 Å². The third-order valence-corrected chi connectivity index (χ3v) is 7.63. The molecule has 0 bridgehead atoms. The van der Waals surface area contributed by atoms with E-state index in [0.29, 0.717) is 11.3 Å². The zero-order chi connectivity index (χ0) is 16.2. The van der Waals surface area contributed by atoms with Gasteiger partial charge < -0.3 is 14.9 Å². The number of allylic oxidation sites excluding steroid dienone is 3. The van der Waals surface area contributed by atoms with E-state index in [0.717, 1.165) is 24.5 Å². The molecule has 0 unspecified atom stereocenters. The minimum absolute atomic E-state index is 0.112. The Kier molecular flexibility index (Phi) is 3.66. The van der Waals surface area contributed by atoms with Crippen LogP contribution in [0.3, 0.4) is 0 Å². The summed E-state index contributed by atoms with van der Waals surface area (Å²) in [5.74, 6) is 2.16. The van der Waals surface area contributed by atoms with Crippen molar-refractivity contribution in [3.63, 3.8) is 0 Å². The highest BCUT2D eigenvalue weighted by Gasteiger charge is 2.53. The highest BCUT2D eigenvalue weighted by atomic mass is 16.7. The van der Waals surface area contributed by atoms with Crippen molar-refractivity contribution in [3.8, 4) is 0 Å². The molecule has 0 saturated heterocycles. The van der Waals surface area contributed by atoms with Crippen molar-refractivity contribution in [2.75, 3.05) is 0 Å². The SMILES string of the molecule is C[C@@]12CCC[C@H]1C1=C(CC2)[C@@]2(C)C(OC(O)O)=CCC[C@H]2CC1. The maximum Gasteiger partial charge on any atom is 0.310 e. The van der Waals surface area contributed by atoms with Gasteiger partial charge in [0.25, 0.3) is 0 Å². The molecular formula is C20H30O3. The van der Waals surface area contributed by atoms with Gasteiger partial charge in [-0.1, -0.05) is 24.5 Å². The Morgan fingerprint density at radius 3 is 2.74 bits per heavy atom. The number of aliphatic hydroxyl groups is 2. The van der Waals surface area contributed by atoms with Crippen LogP contribution >= 0.6 is 0 Å². The van der Waals surface area contributed by atoms with Crippen molar-refractivity contribution in [1.82, 2.24) is 0 Å². The van der Waals surface area contributed by atoms with Gasteiger partial charge in [0.15, 0.2) is 0 Å². The van der Waals surface area contributed by atoms with Crippen LogP contribution in [0.15, 0.2) is 23.0 Å². The predicted octanol–water partition coefficient (Wildman–Crippen LogP) is 4.26. The van der Waals surface area contributed by atoms with E-state index >= 15 is 0 Å². The maximum absolute atomic E-state index is 9.37. The second-order valence-corrected chi connectivity index (χ2v) is 8.63. The van der Waals surface area contributed by atoms with Gasteiger partial charge in [0.1, 0.15) is 5.76 Å². The average molecular weight is 318 g/mol. The zero-order valence-corrected chi connectivity index (χ0v) is 14.5. The first-order chi connectivity index (χ1) is 10.9. The molecule has 0 aromatic carbocycles. The van der Waals surface area contributed by atoms with E-state index < -0.39 is 6.48 Å². The normalized spacial score (nSPS) is 42.9. The molecule has 3 nitrogen and oxygen atoms in total. The second-order valence-electron chi connectivity index (χ2n) is 8.63. The lowest BCUT2D eigenvalue weighted by Crippen LogP contribution is -2.43. The fourth-order valence-corrected chi connectivity index (χ4v) is 6.39. The summed E-state index contributed by atoms with van der Waals surface area (Å²) in [6.07, 6.45) is 13.3. The van der Waals surface area contributed by atoms with Crippen LogP contribution in [0.4, 0.5) is 0 Å². The number of ether oxygens (including phenoxy) is 1. The molecule has 3 heteroatoms. The monoisotopic (exact) mass is 318 g/mol. The summed E-state index contributed by atoms with van der Waals surface area (Å²) in [6, 6.07) is 0. The molecule has 0 radical (unpaired) electrons. The minimum Gasteiger partial charge on any atom is -0.445 e. The van der Waals surface area contributed by atoms with Crippen LogP contribution in [-0.4, -0.2) is 16.7 Å². The van der Waals surface area contributed by atoms with Gasteiger partial charge >= 0.3 is 6.48 Å². The van der Waals surface area contributed by atoms with Gasteiger partial charge in [-0.15, -0.1) is 0 Å². The summed E-state index contributed by atoms with van der Waals surface area (Å²) >= 11 is 0. The minimum atomic E-state index is -1.71. The third kappa shape index (κ3) is 2.23. The van der Waals surface area contributed by atoms with Gasteiger partial charge in [0.2, 0.25) is 0 Å². The molecule has 4 atom stereocenters. The molecule has 4 aliphatic rings. The highest BCUT2D eigenvalue weighted by molar-refractivity contribution is 5.39. The van der Waals surface area contributed by atoms with E-state index in [4.69, 9.17) is 4.74 Å². The number of hydrogen-bond acceptors (Lipinski definition) is 3. The molecule has 4 rings (SSSR count). The second kappa shape index (κ2) is 5.35. The molecule has 2 N–H and O–H groups in total. The van der Waals surface area contributed by atoms with Crippen molar-refractivity contribution in [2.24, 2.45) is 22.7 Å². The summed E-state index contributed by atoms with van der Waals surface area (Å²) in [5, 5.41) is 18.7. The van der Waals surface area contributed by atoms with E-state index in [-0.39, 0.29) is 5.41 Å². The first-order valence-corrected chi connectivity index (χ1v) is 9.41. The highest BCUT2D eigenvalue weighted by Crippen LogP contribution is 2.63. The van der Waals surface area contributed by atoms with E-state index in [1.807, 2.05) is 0 Å². The van der Waals surface area contributed by atoms with Crippen molar-refractivity contribution >= 4 is 0 Å². The Hall–Kier alpha value is -0.800. The number of rotatable bonds is 2. The number of aliphatic hydroxyl groups excluding tert-OH is 1. The predicted molar refractivity (Wildman–Crippen MR) is 89.2 cm³/mol. The van der Waals surface area contributed by atoms with Crippen molar-refractivity contribution in [1.29, 1.82) is 0 Å². The summed E-state index contributed by atoms with van der Waals surface area (Å²) in [5.41, 5.74) is 3.70. The summed E-state index contributed by atoms with van der Waals surface area (Å²) in [7, 11) is 0. The molecular weight excluding hydrogens is 288 g/mol. The fourth-order valence-electron chi connectivity index (χ4n) is 6.39. The summed E-state index contributed by atoms with van der Waals surface area (Å²) in [6.45, 7) is 3.09. The Labute approximate surface area is 139 Å². The quantitative estimate of drug-likeness (QED) is 0.591. The molecule has 0 aromatic heterocycles. The van der Waals surface area contributed by atoms with E-state index in [9.17, 15) is 10.2 Å². The zero-order valence-electron chi connectivity index (χ0n) is 14.5. The van der Waals surface area contributed by atoms with Crippen molar-refractivity contribution in [2.45, 2.75) is 78.1 Å². The van der Waals surface area contributed by atoms with E-state index in [1.54, 1.807) is 11.1 Å².